The molecule has 2 N–H and O–H groups in total. The molecule has 106 valence electrons. The Balaban J connectivity index is 1.88. The van der Waals surface area contributed by atoms with Crippen molar-refractivity contribution >= 4 is 28.6 Å². The summed E-state index contributed by atoms with van der Waals surface area (Å²) >= 11 is 1.85. The van der Waals surface area contributed by atoms with Gasteiger partial charge in [0.05, 0.1) is 0 Å². The number of hydrogen-bond acceptors (Lipinski definition) is 3. The molecule has 0 fully saturated rings. The lowest BCUT2D eigenvalue weighted by atomic mass is 10.2. The Kier molecular flexibility index (Phi) is 5.18. The highest BCUT2D eigenvalue weighted by molar-refractivity contribution is 7.12. The van der Waals surface area contributed by atoms with Crippen molar-refractivity contribution in [3.8, 4) is 0 Å². The normalized spacial score (nSPS) is 10.3. The van der Waals surface area contributed by atoms with Crippen molar-refractivity contribution in [2.45, 2.75) is 33.2 Å². The van der Waals surface area contributed by atoms with Crippen LogP contribution >= 0.6 is 11.3 Å². The first-order valence-corrected chi connectivity index (χ1v) is 7.74. The third kappa shape index (κ3) is 4.10. The highest BCUT2D eigenvalue weighted by Gasteiger charge is 2.00. The lowest BCUT2D eigenvalue weighted by molar-refractivity contribution is -0.115. The number of aryl methyl sites for hydroxylation is 1. The number of benzene rings is 1. The van der Waals surface area contributed by atoms with Gasteiger partial charge in [0.15, 0.2) is 0 Å². The van der Waals surface area contributed by atoms with E-state index in [1.165, 1.54) is 9.75 Å². The smallest absolute Gasteiger partial charge is 0.224 e. The Morgan fingerprint density at radius 2 is 1.65 bits per heavy atom. The number of thiophene rings is 1. The van der Waals surface area contributed by atoms with E-state index in [0.717, 1.165) is 24.3 Å². The van der Waals surface area contributed by atoms with E-state index in [1.807, 2.05) is 42.5 Å². The fraction of sp³-hybridized carbons (Fsp3) is 0.312. The zero-order valence-electron chi connectivity index (χ0n) is 11.9. The lowest BCUT2D eigenvalue weighted by Crippen LogP contribution is -2.09. The Labute approximate surface area is 124 Å². The molecule has 0 saturated carbocycles. The summed E-state index contributed by atoms with van der Waals surface area (Å²) in [6, 6.07) is 12.2. The molecule has 0 unspecified atom stereocenters. The molecule has 0 aliphatic rings. The first-order valence-electron chi connectivity index (χ1n) is 6.92. The summed E-state index contributed by atoms with van der Waals surface area (Å²) in [5.41, 5.74) is 1.90. The molecule has 0 saturated heterocycles. The predicted octanol–water partition coefficient (Wildman–Crippen LogP) is 4.27. The summed E-state index contributed by atoms with van der Waals surface area (Å²) in [6.07, 6.45) is 1.59. The molecule has 0 atom stereocenters. The lowest BCUT2D eigenvalue weighted by Gasteiger charge is -2.07. The van der Waals surface area contributed by atoms with Crippen LogP contribution < -0.4 is 10.6 Å². The highest BCUT2D eigenvalue weighted by Crippen LogP contribution is 2.19. The summed E-state index contributed by atoms with van der Waals surface area (Å²) in [7, 11) is 0. The number of hydrogen-bond donors (Lipinski definition) is 2. The Morgan fingerprint density at radius 1 is 1.00 bits per heavy atom. The second kappa shape index (κ2) is 7.10. The number of nitrogens with one attached hydrogen (secondary N) is 2. The molecule has 0 spiro atoms. The van der Waals surface area contributed by atoms with E-state index in [0.29, 0.717) is 6.42 Å². The SMILES string of the molecule is CCC(=O)Nc1ccc(NCc2ccc(CC)s2)cc1. The molecule has 1 aromatic heterocycles. The van der Waals surface area contributed by atoms with Crippen molar-refractivity contribution in [3.63, 3.8) is 0 Å². The first kappa shape index (κ1) is 14.6. The van der Waals surface area contributed by atoms with Gasteiger partial charge in [-0.1, -0.05) is 13.8 Å². The predicted molar refractivity (Wildman–Crippen MR) is 86.4 cm³/mol. The largest absolute Gasteiger partial charge is 0.380 e. The fourth-order valence-corrected chi connectivity index (χ4v) is 2.71. The molecular weight excluding hydrogens is 268 g/mol. The van der Waals surface area contributed by atoms with Gasteiger partial charge >= 0.3 is 0 Å². The van der Waals surface area contributed by atoms with Crippen LogP contribution in [-0.4, -0.2) is 5.91 Å². The zero-order valence-corrected chi connectivity index (χ0v) is 12.7. The van der Waals surface area contributed by atoms with E-state index in [4.69, 9.17) is 0 Å². The van der Waals surface area contributed by atoms with Crippen LogP contribution in [0.2, 0.25) is 0 Å². The average Bonchev–Trinajstić information content (AvgIpc) is 2.94. The van der Waals surface area contributed by atoms with E-state index in [2.05, 4.69) is 29.7 Å². The minimum atomic E-state index is 0.0383. The summed E-state index contributed by atoms with van der Waals surface area (Å²) in [6.45, 7) is 4.86. The van der Waals surface area contributed by atoms with E-state index in [-0.39, 0.29) is 5.91 Å². The van der Waals surface area contributed by atoms with Crippen molar-refractivity contribution in [1.82, 2.24) is 0 Å². The minimum absolute atomic E-state index is 0.0383. The molecule has 0 bridgehead atoms. The molecule has 20 heavy (non-hydrogen) atoms. The molecule has 3 nitrogen and oxygen atoms in total. The minimum Gasteiger partial charge on any atom is -0.380 e. The molecule has 1 aromatic carbocycles. The zero-order chi connectivity index (χ0) is 14.4. The van der Waals surface area contributed by atoms with Crippen LogP contribution in [0.3, 0.4) is 0 Å². The highest BCUT2D eigenvalue weighted by atomic mass is 32.1. The Morgan fingerprint density at radius 3 is 2.25 bits per heavy atom. The van der Waals surface area contributed by atoms with Gasteiger partial charge in [0, 0.05) is 34.1 Å². The molecule has 0 radical (unpaired) electrons. The molecule has 0 aliphatic carbocycles. The van der Waals surface area contributed by atoms with Gasteiger partial charge in [-0.05, 0) is 42.8 Å². The van der Waals surface area contributed by atoms with Crippen molar-refractivity contribution in [1.29, 1.82) is 0 Å². The van der Waals surface area contributed by atoms with Crippen LogP contribution in [0.4, 0.5) is 11.4 Å². The maximum atomic E-state index is 11.3. The van der Waals surface area contributed by atoms with Gasteiger partial charge in [-0.15, -0.1) is 11.3 Å². The van der Waals surface area contributed by atoms with Gasteiger partial charge in [0.1, 0.15) is 0 Å². The van der Waals surface area contributed by atoms with Gasteiger partial charge < -0.3 is 10.6 Å². The second-order valence-electron chi connectivity index (χ2n) is 4.55. The first-order chi connectivity index (χ1) is 9.71. The quantitative estimate of drug-likeness (QED) is 0.833. The second-order valence-corrected chi connectivity index (χ2v) is 5.81. The van der Waals surface area contributed by atoms with E-state index in [1.54, 1.807) is 0 Å². The number of carbonyl (C=O) groups excluding carboxylic acids is 1. The third-order valence-electron chi connectivity index (χ3n) is 3.02. The van der Waals surface area contributed by atoms with Gasteiger partial charge in [-0.3, -0.25) is 4.79 Å². The van der Waals surface area contributed by atoms with E-state index < -0.39 is 0 Å². The molecule has 2 rings (SSSR count). The third-order valence-corrected chi connectivity index (χ3v) is 4.25. The van der Waals surface area contributed by atoms with Crippen LogP contribution in [-0.2, 0) is 17.8 Å². The Bertz CT molecular complexity index is 560. The number of rotatable bonds is 6. The summed E-state index contributed by atoms with van der Waals surface area (Å²) < 4.78 is 0. The molecule has 1 heterocycles. The van der Waals surface area contributed by atoms with Gasteiger partial charge in [0.2, 0.25) is 5.91 Å². The van der Waals surface area contributed by atoms with Gasteiger partial charge in [-0.2, -0.15) is 0 Å². The Hall–Kier alpha value is -1.81. The maximum absolute atomic E-state index is 11.3. The van der Waals surface area contributed by atoms with Crippen LogP contribution in [0.25, 0.3) is 0 Å². The topological polar surface area (TPSA) is 41.1 Å². The van der Waals surface area contributed by atoms with Crippen LogP contribution in [0.15, 0.2) is 36.4 Å². The van der Waals surface area contributed by atoms with Crippen molar-refractivity contribution in [2.75, 3.05) is 10.6 Å². The number of anilines is 2. The molecule has 0 aliphatic heterocycles. The van der Waals surface area contributed by atoms with Crippen molar-refractivity contribution in [3.05, 3.63) is 46.2 Å². The van der Waals surface area contributed by atoms with Crippen LogP contribution in [0.1, 0.15) is 30.0 Å². The monoisotopic (exact) mass is 288 g/mol. The molecular formula is C16H20N2OS. The van der Waals surface area contributed by atoms with Gasteiger partial charge in [-0.25, -0.2) is 0 Å². The number of carbonyl (C=O) groups is 1. The summed E-state index contributed by atoms with van der Waals surface area (Å²) in [5, 5.41) is 6.23. The molecule has 4 heteroatoms. The summed E-state index contributed by atoms with van der Waals surface area (Å²) in [5.74, 6) is 0.0383. The van der Waals surface area contributed by atoms with Crippen molar-refractivity contribution < 1.29 is 4.79 Å². The van der Waals surface area contributed by atoms with Crippen LogP contribution in [0, 0.1) is 0 Å². The maximum Gasteiger partial charge on any atom is 0.224 e. The fourth-order valence-electron chi connectivity index (χ4n) is 1.82. The van der Waals surface area contributed by atoms with E-state index in [9.17, 15) is 4.79 Å². The number of amides is 1. The molecule has 1 amide bonds. The molecule has 2 aromatic rings. The van der Waals surface area contributed by atoms with E-state index >= 15 is 0 Å². The standard InChI is InChI=1S/C16H20N2OS/c1-3-14-9-10-15(20-14)11-17-12-5-7-13(8-6-12)18-16(19)4-2/h5-10,17H,3-4,11H2,1-2H3,(H,18,19). The van der Waals surface area contributed by atoms with Gasteiger partial charge in [0.25, 0.3) is 0 Å². The summed E-state index contributed by atoms with van der Waals surface area (Å²) in [4.78, 5) is 14.0. The van der Waals surface area contributed by atoms with Crippen LogP contribution in [0.5, 0.6) is 0 Å². The average molecular weight is 288 g/mol. The van der Waals surface area contributed by atoms with Crippen molar-refractivity contribution in [2.24, 2.45) is 0 Å².